The van der Waals surface area contributed by atoms with Gasteiger partial charge < -0.3 is 4.74 Å². The summed E-state index contributed by atoms with van der Waals surface area (Å²) in [6.45, 7) is 0. The van der Waals surface area contributed by atoms with Crippen LogP contribution in [0.1, 0.15) is 0 Å². The first-order valence-corrected chi connectivity index (χ1v) is 5.54. The van der Waals surface area contributed by atoms with Crippen LogP contribution in [0.4, 0.5) is 8.78 Å². The van der Waals surface area contributed by atoms with Crippen LogP contribution in [0, 0.1) is 11.6 Å². The number of rotatable bonds is 2. The highest BCUT2D eigenvalue weighted by Crippen LogP contribution is 2.31. The van der Waals surface area contributed by atoms with Crippen LogP contribution in [0.3, 0.4) is 0 Å². The Labute approximate surface area is 109 Å². The highest BCUT2D eigenvalue weighted by molar-refractivity contribution is 9.10. The van der Waals surface area contributed by atoms with Crippen molar-refractivity contribution in [2.75, 3.05) is 0 Å². The van der Waals surface area contributed by atoms with Gasteiger partial charge in [-0.1, -0.05) is 11.6 Å². The molecule has 0 bridgehead atoms. The average molecular weight is 322 g/mol. The maximum Gasteiger partial charge on any atom is 0.238 e. The monoisotopic (exact) mass is 320 g/mol. The topological polar surface area (TPSA) is 35.0 Å². The summed E-state index contributed by atoms with van der Waals surface area (Å²) in [5.74, 6) is -1.72. The van der Waals surface area contributed by atoms with Gasteiger partial charge in [-0.25, -0.2) is 18.7 Å². The fourth-order valence-corrected chi connectivity index (χ4v) is 1.47. The number of hydrogen-bond acceptors (Lipinski definition) is 3. The van der Waals surface area contributed by atoms with Crippen LogP contribution in [0.5, 0.6) is 11.6 Å². The second-order valence-corrected chi connectivity index (χ2v) is 4.11. The molecule has 0 aliphatic rings. The van der Waals surface area contributed by atoms with Crippen molar-refractivity contribution < 1.29 is 13.5 Å². The molecule has 2 rings (SSSR count). The Balaban J connectivity index is 2.31. The van der Waals surface area contributed by atoms with Crippen LogP contribution in [-0.4, -0.2) is 9.97 Å². The van der Waals surface area contributed by atoms with Gasteiger partial charge in [0.15, 0.2) is 16.8 Å². The van der Waals surface area contributed by atoms with Gasteiger partial charge in [-0.15, -0.1) is 0 Å². The molecule has 2 aromatic rings. The summed E-state index contributed by atoms with van der Waals surface area (Å²) >= 11 is 8.85. The lowest BCUT2D eigenvalue weighted by atomic mass is 10.3. The van der Waals surface area contributed by atoms with E-state index < -0.39 is 11.6 Å². The summed E-state index contributed by atoms with van der Waals surface area (Å²) in [6.07, 6.45) is 1.20. The molecule has 0 radical (unpaired) electrons. The predicted molar refractivity (Wildman–Crippen MR) is 61.2 cm³/mol. The van der Waals surface area contributed by atoms with Gasteiger partial charge in [-0.3, -0.25) is 0 Å². The Morgan fingerprint density at radius 2 is 1.94 bits per heavy atom. The summed E-state index contributed by atoms with van der Waals surface area (Å²) < 4.78 is 31.2. The van der Waals surface area contributed by atoms with Crippen molar-refractivity contribution in [1.82, 2.24) is 9.97 Å². The summed E-state index contributed by atoms with van der Waals surface area (Å²) in [4.78, 5) is 7.51. The van der Waals surface area contributed by atoms with E-state index in [4.69, 9.17) is 16.3 Å². The summed E-state index contributed by atoms with van der Waals surface area (Å²) in [5.41, 5.74) is 0. The number of ether oxygens (including phenoxy) is 1. The average Bonchev–Trinajstić information content (AvgIpc) is 2.30. The van der Waals surface area contributed by atoms with E-state index in [0.717, 1.165) is 12.1 Å². The van der Waals surface area contributed by atoms with Gasteiger partial charge in [0.05, 0.1) is 0 Å². The minimum atomic E-state index is -1.00. The summed E-state index contributed by atoms with van der Waals surface area (Å²) in [5, 5.41) is 0.164. The second-order valence-electron chi connectivity index (χ2n) is 2.96. The van der Waals surface area contributed by atoms with Gasteiger partial charge in [0.1, 0.15) is 16.5 Å². The predicted octanol–water partition coefficient (Wildman–Crippen LogP) is 3.96. The Morgan fingerprint density at radius 3 is 2.65 bits per heavy atom. The molecular formula is C10H4BrClF2N2O. The van der Waals surface area contributed by atoms with Crippen LogP contribution >= 0.6 is 27.5 Å². The van der Waals surface area contributed by atoms with Gasteiger partial charge in [0, 0.05) is 6.07 Å². The highest BCUT2D eigenvalue weighted by Gasteiger charge is 2.10. The fourth-order valence-electron chi connectivity index (χ4n) is 1.06. The Bertz CT molecular complexity index is 568. The molecule has 88 valence electrons. The smallest absolute Gasteiger partial charge is 0.238 e. The molecule has 1 aromatic heterocycles. The van der Waals surface area contributed by atoms with Gasteiger partial charge in [-0.05, 0) is 28.1 Å². The Morgan fingerprint density at radius 1 is 1.18 bits per heavy atom. The van der Waals surface area contributed by atoms with Gasteiger partial charge in [0.25, 0.3) is 0 Å². The molecule has 1 heterocycles. The minimum Gasteiger partial charge on any atom is -0.438 e. The molecule has 1 aromatic carbocycles. The van der Waals surface area contributed by atoms with E-state index in [1.54, 1.807) is 0 Å². The molecule has 0 amide bonds. The number of hydrogen-bond donors (Lipinski definition) is 0. The number of nitrogens with zero attached hydrogens (tertiary/aromatic N) is 2. The van der Waals surface area contributed by atoms with Crippen molar-refractivity contribution in [3.05, 3.63) is 45.8 Å². The van der Waals surface area contributed by atoms with Gasteiger partial charge in [-0.2, -0.15) is 0 Å². The van der Waals surface area contributed by atoms with Crippen molar-refractivity contribution >= 4 is 27.5 Å². The van der Waals surface area contributed by atoms with E-state index in [9.17, 15) is 8.78 Å². The van der Waals surface area contributed by atoms with E-state index in [2.05, 4.69) is 25.9 Å². The Kier molecular flexibility index (Phi) is 3.54. The first-order chi connectivity index (χ1) is 8.08. The first kappa shape index (κ1) is 12.2. The number of aromatic nitrogens is 2. The van der Waals surface area contributed by atoms with Gasteiger partial charge >= 0.3 is 0 Å². The SMILES string of the molecule is Fc1ccc(Oc2ncnc(Cl)c2Br)cc1F. The van der Waals surface area contributed by atoms with Crippen molar-refractivity contribution in [1.29, 1.82) is 0 Å². The van der Waals surface area contributed by atoms with E-state index in [1.165, 1.54) is 12.4 Å². The third-order valence-corrected chi connectivity index (χ3v) is 3.05. The lowest BCUT2D eigenvalue weighted by Gasteiger charge is -2.06. The standard InChI is InChI=1S/C10H4BrClF2N2O/c11-8-9(12)15-4-16-10(8)17-5-1-2-6(13)7(14)3-5/h1-4H. The molecule has 3 nitrogen and oxygen atoms in total. The van der Waals surface area contributed by atoms with Crippen LogP contribution in [-0.2, 0) is 0 Å². The quantitative estimate of drug-likeness (QED) is 0.785. The third kappa shape index (κ3) is 2.70. The second kappa shape index (κ2) is 4.93. The third-order valence-electron chi connectivity index (χ3n) is 1.82. The number of benzene rings is 1. The molecule has 7 heteroatoms. The molecule has 0 spiro atoms. The van der Waals surface area contributed by atoms with Crippen molar-refractivity contribution in [2.45, 2.75) is 0 Å². The van der Waals surface area contributed by atoms with E-state index in [0.29, 0.717) is 4.47 Å². The molecular weight excluding hydrogens is 317 g/mol. The zero-order valence-corrected chi connectivity index (χ0v) is 10.5. The lowest BCUT2D eigenvalue weighted by molar-refractivity contribution is 0.444. The van der Waals surface area contributed by atoms with Crippen molar-refractivity contribution in [3.63, 3.8) is 0 Å². The van der Waals surface area contributed by atoms with E-state index in [-0.39, 0.29) is 16.8 Å². The normalized spacial score (nSPS) is 10.4. The van der Waals surface area contributed by atoms with E-state index in [1.807, 2.05) is 0 Å². The fraction of sp³-hybridized carbons (Fsp3) is 0. The molecule has 0 atom stereocenters. The molecule has 17 heavy (non-hydrogen) atoms. The number of halogens is 4. The summed E-state index contributed by atoms with van der Waals surface area (Å²) in [7, 11) is 0. The molecule has 0 aliphatic carbocycles. The van der Waals surface area contributed by atoms with Crippen molar-refractivity contribution in [3.8, 4) is 11.6 Å². The zero-order valence-electron chi connectivity index (χ0n) is 8.12. The molecule has 0 N–H and O–H groups in total. The molecule has 0 aliphatic heterocycles. The first-order valence-electron chi connectivity index (χ1n) is 4.37. The van der Waals surface area contributed by atoms with Crippen LogP contribution < -0.4 is 4.74 Å². The maximum absolute atomic E-state index is 12.9. The maximum atomic E-state index is 12.9. The van der Waals surface area contributed by atoms with Gasteiger partial charge in [0.2, 0.25) is 5.88 Å². The van der Waals surface area contributed by atoms with E-state index >= 15 is 0 Å². The lowest BCUT2D eigenvalue weighted by Crippen LogP contribution is -1.93. The minimum absolute atomic E-state index is 0.111. The summed E-state index contributed by atoms with van der Waals surface area (Å²) in [6, 6.07) is 3.15. The molecule has 0 fully saturated rings. The molecule has 0 saturated carbocycles. The largest absolute Gasteiger partial charge is 0.438 e. The molecule has 0 saturated heterocycles. The highest BCUT2D eigenvalue weighted by atomic mass is 79.9. The Hall–Kier alpha value is -1.27. The van der Waals surface area contributed by atoms with Crippen LogP contribution in [0.25, 0.3) is 0 Å². The molecule has 0 unspecified atom stereocenters. The van der Waals surface area contributed by atoms with Crippen LogP contribution in [0.15, 0.2) is 29.0 Å². The van der Waals surface area contributed by atoms with Crippen LogP contribution in [0.2, 0.25) is 5.15 Å². The zero-order chi connectivity index (χ0) is 12.4. The van der Waals surface area contributed by atoms with Crippen molar-refractivity contribution in [2.24, 2.45) is 0 Å².